The molecule has 0 aliphatic heterocycles. The summed E-state index contributed by atoms with van der Waals surface area (Å²) < 4.78 is 14.7. The molecular weight excluding hydrogens is 388 g/mol. The number of fused-ring (bicyclic) bond motifs is 1. The number of carboxylic acid groups (broad SMARTS) is 1. The molecule has 0 aliphatic carbocycles. The fraction of sp³-hybridized carbons (Fsp3) is 0.400. The van der Waals surface area contributed by atoms with Gasteiger partial charge < -0.3 is 50.8 Å². The van der Waals surface area contributed by atoms with E-state index in [0.29, 0.717) is 0 Å². The minimum atomic E-state index is -3.24. The molecule has 7 nitrogen and oxygen atoms in total. The summed E-state index contributed by atoms with van der Waals surface area (Å²) in [6.07, 6.45) is 2.13. The molecule has 142 valence electrons. The van der Waals surface area contributed by atoms with Crippen LogP contribution in [0.15, 0.2) is 30.5 Å². The third-order valence-corrected chi connectivity index (χ3v) is 6.88. The fourth-order valence-electron chi connectivity index (χ4n) is 2.69. The maximum Gasteiger partial charge on any atom is 0.325 e. The van der Waals surface area contributed by atoms with Crippen molar-refractivity contribution in [2.24, 2.45) is 7.05 Å². The number of aliphatic hydroxyl groups excluding tert-OH is 1. The largest absolute Gasteiger partial charge is 1.00 e. The van der Waals surface area contributed by atoms with E-state index in [9.17, 15) is 14.5 Å². The van der Waals surface area contributed by atoms with Gasteiger partial charge in [-0.1, -0.05) is 18.2 Å². The standard InChI is InChI=1S/C15H22N3O4P.2ClH/c1-18-9-10(11-4-2-3-5-12(11)18)8-15(21)23(17,22)13(16)6-7-14(19)20;;/h2-5,9,13,15,21H,6-8,16H2,1H3,(H2,17,22)(H,19,20);2*1H. The van der Waals surface area contributed by atoms with Gasteiger partial charge >= 0.3 is 13.3 Å². The maximum absolute atomic E-state index is 12.8. The molecule has 0 aliphatic rings. The molecule has 0 amide bonds. The van der Waals surface area contributed by atoms with E-state index >= 15 is 0 Å². The molecule has 1 aromatic heterocycles. The molecule has 3 unspecified atom stereocenters. The topological polar surface area (TPSA) is 135 Å². The number of hydrogen-bond acceptors (Lipinski definition) is 3. The van der Waals surface area contributed by atoms with Crippen LogP contribution in [0.2, 0.25) is 0 Å². The Morgan fingerprint density at radius 1 is 1.32 bits per heavy atom. The number of benzene rings is 1. The first-order valence-corrected chi connectivity index (χ1v) is 9.46. The number of aromatic nitrogens is 1. The van der Waals surface area contributed by atoms with E-state index in [1.807, 2.05) is 42.1 Å². The average Bonchev–Trinajstić information content (AvgIpc) is 2.81. The van der Waals surface area contributed by atoms with Gasteiger partial charge in [-0.25, -0.2) is 4.57 Å². The number of aryl methyl sites for hydroxylation is 1. The molecule has 2 aromatic rings. The Balaban J connectivity index is 0.00000288. The van der Waals surface area contributed by atoms with E-state index in [1.165, 1.54) is 0 Å². The second-order valence-corrected chi connectivity index (χ2v) is 8.94. The highest BCUT2D eigenvalue weighted by atomic mass is 35.5. The molecule has 0 bridgehead atoms. The van der Waals surface area contributed by atoms with Crippen molar-refractivity contribution in [3.8, 4) is 0 Å². The van der Waals surface area contributed by atoms with Crippen molar-refractivity contribution in [2.45, 2.75) is 30.9 Å². The van der Waals surface area contributed by atoms with Crippen LogP contribution in [-0.4, -0.2) is 32.4 Å². The fourth-order valence-corrected chi connectivity index (χ4v) is 4.25. The lowest BCUT2D eigenvalue weighted by Crippen LogP contribution is -3.00. The maximum atomic E-state index is 12.8. The van der Waals surface area contributed by atoms with E-state index < -0.39 is 24.9 Å². The first-order valence-electron chi connectivity index (χ1n) is 7.43. The summed E-state index contributed by atoms with van der Waals surface area (Å²) >= 11 is 0. The van der Waals surface area contributed by atoms with E-state index in [4.69, 9.17) is 5.11 Å². The molecule has 10 heteroatoms. The molecule has 0 spiro atoms. The lowest BCUT2D eigenvalue weighted by atomic mass is 10.1. The molecule has 0 saturated heterocycles. The number of rotatable bonds is 7. The summed E-state index contributed by atoms with van der Waals surface area (Å²) in [5.41, 5.74) is 9.36. The number of aliphatic carboxylic acids is 1. The number of quaternary nitrogens is 2. The minimum absolute atomic E-state index is 0. The van der Waals surface area contributed by atoms with Crippen molar-refractivity contribution in [3.63, 3.8) is 0 Å². The van der Waals surface area contributed by atoms with Crippen molar-refractivity contribution in [3.05, 3.63) is 36.0 Å². The van der Waals surface area contributed by atoms with Crippen molar-refractivity contribution in [1.29, 1.82) is 0 Å². The first kappa shape index (κ1) is 23.9. The number of carboxylic acids is 1. The third-order valence-electron chi connectivity index (χ3n) is 4.20. The Kier molecular flexibility index (Phi) is 9.16. The van der Waals surface area contributed by atoms with Crippen LogP contribution in [0.5, 0.6) is 0 Å². The Morgan fingerprint density at radius 2 is 1.92 bits per heavy atom. The summed E-state index contributed by atoms with van der Waals surface area (Å²) in [5, 5.41) is 20.1. The van der Waals surface area contributed by atoms with Crippen LogP contribution in [0.4, 0.5) is 0 Å². The molecular formula is C15H24Cl2N3O4P. The molecule has 1 aromatic carbocycles. The quantitative estimate of drug-likeness (QED) is 0.337. The summed E-state index contributed by atoms with van der Waals surface area (Å²) in [6.45, 7) is 0. The molecule has 1 heterocycles. The van der Waals surface area contributed by atoms with E-state index in [2.05, 4.69) is 11.2 Å². The highest BCUT2D eigenvalue weighted by Crippen LogP contribution is 2.43. The van der Waals surface area contributed by atoms with Gasteiger partial charge in [-0.05, 0) is 11.6 Å². The minimum Gasteiger partial charge on any atom is -1.00 e. The van der Waals surface area contributed by atoms with Gasteiger partial charge in [0.2, 0.25) is 0 Å². The summed E-state index contributed by atoms with van der Waals surface area (Å²) in [4.78, 5) is 10.6. The SMILES string of the molecule is Cn1cc(CC(O)P([NH3+])(=O)C([NH3+])CCC(=O)O)c2ccccc21.[Cl-].[Cl-]. The van der Waals surface area contributed by atoms with Gasteiger partial charge in [0, 0.05) is 37.0 Å². The van der Waals surface area contributed by atoms with Crippen molar-refractivity contribution >= 4 is 24.2 Å². The Hall–Kier alpha value is -1.08. The molecule has 2 rings (SSSR count). The van der Waals surface area contributed by atoms with Crippen LogP contribution in [0.1, 0.15) is 18.4 Å². The second-order valence-electron chi connectivity index (χ2n) is 5.91. The first-order chi connectivity index (χ1) is 10.7. The zero-order chi connectivity index (χ0) is 17.2. The summed E-state index contributed by atoms with van der Waals surface area (Å²) in [5.74, 6) is -2.78. The smallest absolute Gasteiger partial charge is 0.325 e. The molecule has 0 radical (unpaired) electrons. The molecule has 25 heavy (non-hydrogen) atoms. The van der Waals surface area contributed by atoms with Crippen molar-refractivity contribution in [1.82, 2.24) is 4.57 Å². The summed E-state index contributed by atoms with van der Waals surface area (Å²) in [6, 6.07) is 7.79. The van der Waals surface area contributed by atoms with Crippen LogP contribution in [-0.2, 0) is 22.8 Å². The van der Waals surface area contributed by atoms with Gasteiger partial charge in [0.05, 0.1) is 6.42 Å². The van der Waals surface area contributed by atoms with E-state index in [0.717, 1.165) is 16.5 Å². The third kappa shape index (κ3) is 5.45. The van der Waals surface area contributed by atoms with Gasteiger partial charge in [-0.15, -0.1) is 0 Å². The van der Waals surface area contributed by atoms with Gasteiger partial charge in [0.15, 0.2) is 11.6 Å². The van der Waals surface area contributed by atoms with E-state index in [-0.39, 0.29) is 44.1 Å². The van der Waals surface area contributed by atoms with Gasteiger partial charge in [-0.2, -0.15) is 0 Å². The predicted octanol–water partition coefficient (Wildman–Crippen LogP) is -6.00. The molecule has 8 N–H and O–H groups in total. The Bertz CT molecular complexity index is 768. The van der Waals surface area contributed by atoms with E-state index in [1.54, 1.807) is 0 Å². The number of para-hydroxylation sites is 1. The lowest BCUT2D eigenvalue weighted by Gasteiger charge is -2.19. The number of hydrogen-bond donors (Lipinski definition) is 4. The monoisotopic (exact) mass is 411 g/mol. The Labute approximate surface area is 158 Å². The van der Waals surface area contributed by atoms with Crippen molar-refractivity contribution in [2.75, 3.05) is 0 Å². The number of nitrogens with zero attached hydrogens (tertiary/aromatic N) is 1. The lowest BCUT2D eigenvalue weighted by molar-refractivity contribution is -0.403. The van der Waals surface area contributed by atoms with Crippen LogP contribution in [0, 0.1) is 0 Å². The number of halogens is 2. The molecule has 3 atom stereocenters. The zero-order valence-corrected chi connectivity index (χ0v) is 16.3. The van der Waals surface area contributed by atoms with Gasteiger partial charge in [-0.3, -0.25) is 4.79 Å². The van der Waals surface area contributed by atoms with Crippen LogP contribution in [0.25, 0.3) is 10.9 Å². The van der Waals surface area contributed by atoms with Gasteiger partial charge in [0.1, 0.15) is 0 Å². The van der Waals surface area contributed by atoms with Crippen LogP contribution >= 0.6 is 7.29 Å². The number of carbonyl (C=O) groups is 1. The van der Waals surface area contributed by atoms with Crippen LogP contribution < -0.4 is 36.1 Å². The molecule has 0 fully saturated rings. The zero-order valence-electron chi connectivity index (χ0n) is 13.9. The highest BCUT2D eigenvalue weighted by Gasteiger charge is 2.41. The number of aliphatic hydroxyl groups is 1. The predicted molar refractivity (Wildman–Crippen MR) is 86.7 cm³/mol. The van der Waals surface area contributed by atoms with Crippen molar-refractivity contribution < 1.29 is 55.6 Å². The normalized spacial score (nSPS) is 15.5. The summed E-state index contributed by atoms with van der Waals surface area (Å²) in [7, 11) is -1.33. The van der Waals surface area contributed by atoms with Crippen LogP contribution in [0.3, 0.4) is 0 Å². The average molecular weight is 412 g/mol. The molecule has 0 saturated carbocycles. The van der Waals surface area contributed by atoms with Gasteiger partial charge in [0.25, 0.3) is 0 Å². The Morgan fingerprint density at radius 3 is 2.52 bits per heavy atom. The highest BCUT2D eigenvalue weighted by molar-refractivity contribution is 7.57. The second kappa shape index (κ2) is 9.57.